The highest BCUT2D eigenvalue weighted by atomic mass is 32.1. The van der Waals surface area contributed by atoms with Gasteiger partial charge >= 0.3 is 0 Å². The average Bonchev–Trinajstić information content (AvgIpc) is 2.65. The Bertz CT molecular complexity index is 344. The van der Waals surface area contributed by atoms with Crippen molar-refractivity contribution in [2.24, 2.45) is 5.92 Å². The van der Waals surface area contributed by atoms with Crippen molar-refractivity contribution in [3.63, 3.8) is 0 Å². The summed E-state index contributed by atoms with van der Waals surface area (Å²) in [6.07, 6.45) is 3.83. The number of carbonyl (C=O) groups excluding carboxylic acids is 1. The van der Waals surface area contributed by atoms with Gasteiger partial charge in [0.1, 0.15) is 0 Å². The van der Waals surface area contributed by atoms with Crippen LogP contribution in [0.2, 0.25) is 0 Å². The summed E-state index contributed by atoms with van der Waals surface area (Å²) in [5.74, 6) is 0.194. The number of amides is 1. The van der Waals surface area contributed by atoms with Crippen molar-refractivity contribution in [3.05, 3.63) is 11.1 Å². The monoisotopic (exact) mass is 225 g/mol. The number of rotatable bonds is 2. The van der Waals surface area contributed by atoms with Gasteiger partial charge in [0.2, 0.25) is 5.91 Å². The lowest BCUT2D eigenvalue weighted by atomic mass is 9.99. The number of hydrogen-bond donors (Lipinski definition) is 2. The minimum atomic E-state index is 0.0940. The molecule has 0 aliphatic carbocycles. The highest BCUT2D eigenvalue weighted by Gasteiger charge is 2.21. The predicted octanol–water partition coefficient (Wildman–Crippen LogP) is 1.39. The molecule has 2 rings (SSSR count). The molecule has 1 fully saturated rings. The van der Waals surface area contributed by atoms with Gasteiger partial charge in [0.25, 0.3) is 0 Å². The van der Waals surface area contributed by atoms with Gasteiger partial charge in [-0.1, -0.05) is 0 Å². The number of carbonyl (C=O) groups is 1. The average molecular weight is 225 g/mol. The van der Waals surface area contributed by atoms with Crippen molar-refractivity contribution in [3.8, 4) is 0 Å². The summed E-state index contributed by atoms with van der Waals surface area (Å²) in [5.41, 5.74) is 0. The van der Waals surface area contributed by atoms with Crippen molar-refractivity contribution in [2.45, 2.75) is 19.8 Å². The first-order valence-corrected chi connectivity index (χ1v) is 6.01. The van der Waals surface area contributed by atoms with Crippen LogP contribution in [0.25, 0.3) is 0 Å². The molecule has 2 heterocycles. The Hall–Kier alpha value is -0.940. The van der Waals surface area contributed by atoms with Gasteiger partial charge < -0.3 is 10.6 Å². The van der Waals surface area contributed by atoms with E-state index in [2.05, 4.69) is 15.6 Å². The maximum Gasteiger partial charge on any atom is 0.230 e. The molecule has 5 heteroatoms. The first-order chi connectivity index (χ1) is 7.25. The van der Waals surface area contributed by atoms with Crippen LogP contribution in [0.15, 0.2) is 6.20 Å². The third kappa shape index (κ3) is 2.76. The van der Waals surface area contributed by atoms with Crippen LogP contribution in [0, 0.1) is 12.8 Å². The Morgan fingerprint density at radius 2 is 2.60 bits per heavy atom. The summed E-state index contributed by atoms with van der Waals surface area (Å²) in [6.45, 7) is 3.80. The van der Waals surface area contributed by atoms with Gasteiger partial charge in [0.05, 0.1) is 5.92 Å². The number of thiazole rings is 1. The van der Waals surface area contributed by atoms with Gasteiger partial charge in [0, 0.05) is 17.6 Å². The van der Waals surface area contributed by atoms with Gasteiger partial charge in [-0.25, -0.2) is 4.98 Å². The number of piperidine rings is 1. The van der Waals surface area contributed by atoms with Gasteiger partial charge in [-0.2, -0.15) is 0 Å². The molecule has 1 aromatic rings. The zero-order valence-corrected chi connectivity index (χ0v) is 9.56. The minimum absolute atomic E-state index is 0.0940. The molecule has 1 aliphatic heterocycles. The van der Waals surface area contributed by atoms with E-state index in [9.17, 15) is 4.79 Å². The molecule has 0 spiro atoms. The van der Waals surface area contributed by atoms with Crippen LogP contribution in [0.1, 0.15) is 17.7 Å². The zero-order chi connectivity index (χ0) is 10.7. The number of aryl methyl sites for hydroxylation is 1. The molecule has 1 atom stereocenters. The summed E-state index contributed by atoms with van der Waals surface area (Å²) in [5, 5.41) is 6.80. The van der Waals surface area contributed by atoms with Crippen LogP contribution >= 0.6 is 11.3 Å². The van der Waals surface area contributed by atoms with E-state index in [1.165, 1.54) is 11.3 Å². The number of aromatic nitrogens is 1. The predicted molar refractivity (Wildman–Crippen MR) is 61.1 cm³/mol. The lowest BCUT2D eigenvalue weighted by Crippen LogP contribution is -2.37. The van der Waals surface area contributed by atoms with Crippen molar-refractivity contribution < 1.29 is 4.79 Å². The summed E-state index contributed by atoms with van der Waals surface area (Å²) in [4.78, 5) is 17.0. The largest absolute Gasteiger partial charge is 0.316 e. The lowest BCUT2D eigenvalue weighted by molar-refractivity contribution is -0.120. The molecule has 82 valence electrons. The molecule has 1 aromatic heterocycles. The summed E-state index contributed by atoms with van der Waals surface area (Å²) in [6, 6.07) is 0. The van der Waals surface area contributed by atoms with Crippen LogP contribution in [0.5, 0.6) is 0 Å². The first kappa shape index (κ1) is 10.6. The molecule has 15 heavy (non-hydrogen) atoms. The SMILES string of the molecule is Cc1cnc(NC(=O)C2CCCNC2)s1. The lowest BCUT2D eigenvalue weighted by Gasteiger charge is -2.21. The second-order valence-electron chi connectivity index (χ2n) is 3.81. The van der Waals surface area contributed by atoms with E-state index in [0.29, 0.717) is 5.13 Å². The Morgan fingerprint density at radius 1 is 1.73 bits per heavy atom. The fraction of sp³-hybridized carbons (Fsp3) is 0.600. The van der Waals surface area contributed by atoms with E-state index in [1.807, 2.05) is 6.92 Å². The number of hydrogen-bond acceptors (Lipinski definition) is 4. The Balaban J connectivity index is 1.91. The number of nitrogens with one attached hydrogen (secondary N) is 2. The van der Waals surface area contributed by atoms with Crippen LogP contribution < -0.4 is 10.6 Å². The van der Waals surface area contributed by atoms with Crippen LogP contribution in [-0.4, -0.2) is 24.0 Å². The number of nitrogens with zero attached hydrogens (tertiary/aromatic N) is 1. The molecule has 0 radical (unpaired) electrons. The zero-order valence-electron chi connectivity index (χ0n) is 8.75. The van der Waals surface area contributed by atoms with E-state index in [1.54, 1.807) is 6.20 Å². The fourth-order valence-electron chi connectivity index (χ4n) is 1.70. The molecule has 0 saturated carbocycles. The van der Waals surface area contributed by atoms with Gasteiger partial charge in [-0.05, 0) is 26.3 Å². The molecular weight excluding hydrogens is 210 g/mol. The normalized spacial score (nSPS) is 21.3. The maximum atomic E-state index is 11.8. The van der Waals surface area contributed by atoms with Crippen LogP contribution in [0.4, 0.5) is 5.13 Å². The summed E-state index contributed by atoms with van der Waals surface area (Å²) >= 11 is 1.52. The van der Waals surface area contributed by atoms with E-state index in [4.69, 9.17) is 0 Å². The third-order valence-electron chi connectivity index (χ3n) is 2.52. The molecule has 4 nitrogen and oxygen atoms in total. The van der Waals surface area contributed by atoms with Gasteiger partial charge in [-0.3, -0.25) is 4.79 Å². The highest BCUT2D eigenvalue weighted by Crippen LogP contribution is 2.18. The third-order valence-corrected chi connectivity index (χ3v) is 3.35. The molecule has 1 amide bonds. The standard InChI is InChI=1S/C10H15N3OS/c1-7-5-12-10(15-7)13-9(14)8-3-2-4-11-6-8/h5,8,11H,2-4,6H2,1H3,(H,12,13,14). The molecule has 1 unspecified atom stereocenters. The maximum absolute atomic E-state index is 11.8. The molecule has 0 aromatic carbocycles. The fourth-order valence-corrected chi connectivity index (χ4v) is 2.36. The Labute approximate surface area is 93.1 Å². The summed E-state index contributed by atoms with van der Waals surface area (Å²) in [7, 11) is 0. The second-order valence-corrected chi connectivity index (χ2v) is 5.04. The topological polar surface area (TPSA) is 54.0 Å². The molecule has 1 saturated heterocycles. The molecule has 1 aliphatic rings. The van der Waals surface area contributed by atoms with Crippen molar-refractivity contribution in [1.29, 1.82) is 0 Å². The highest BCUT2D eigenvalue weighted by molar-refractivity contribution is 7.15. The molecule has 2 N–H and O–H groups in total. The van der Waals surface area contributed by atoms with Crippen LogP contribution in [-0.2, 0) is 4.79 Å². The number of anilines is 1. The van der Waals surface area contributed by atoms with E-state index >= 15 is 0 Å². The molecule has 0 bridgehead atoms. The van der Waals surface area contributed by atoms with Crippen molar-refractivity contribution >= 4 is 22.4 Å². The summed E-state index contributed by atoms with van der Waals surface area (Å²) < 4.78 is 0. The minimum Gasteiger partial charge on any atom is -0.316 e. The van der Waals surface area contributed by atoms with Gasteiger partial charge in [0.15, 0.2) is 5.13 Å². The molecular formula is C10H15N3OS. The van der Waals surface area contributed by atoms with E-state index in [-0.39, 0.29) is 11.8 Å². The first-order valence-electron chi connectivity index (χ1n) is 5.20. The van der Waals surface area contributed by atoms with E-state index < -0.39 is 0 Å². The van der Waals surface area contributed by atoms with Crippen molar-refractivity contribution in [2.75, 3.05) is 18.4 Å². The quantitative estimate of drug-likeness (QED) is 0.799. The van der Waals surface area contributed by atoms with E-state index in [0.717, 1.165) is 30.8 Å². The smallest absolute Gasteiger partial charge is 0.230 e. The van der Waals surface area contributed by atoms with Crippen molar-refractivity contribution in [1.82, 2.24) is 10.3 Å². The van der Waals surface area contributed by atoms with Gasteiger partial charge in [-0.15, -0.1) is 11.3 Å². The Kier molecular flexibility index (Phi) is 3.33. The Morgan fingerprint density at radius 3 is 3.20 bits per heavy atom. The second kappa shape index (κ2) is 4.72. The van der Waals surface area contributed by atoms with Crippen LogP contribution in [0.3, 0.4) is 0 Å².